The minimum Gasteiger partial charge on any atom is -0.465 e. The summed E-state index contributed by atoms with van der Waals surface area (Å²) in [5.41, 5.74) is -0.384. The predicted octanol–water partition coefficient (Wildman–Crippen LogP) is 2.91. The first-order chi connectivity index (χ1) is 9.75. The maximum absolute atomic E-state index is 12.6. The Hall–Kier alpha value is -2.05. The second kappa shape index (κ2) is 5.75. The van der Waals surface area contributed by atoms with Gasteiger partial charge in [0.15, 0.2) is 0 Å². The van der Waals surface area contributed by atoms with Crippen LogP contribution in [0, 0.1) is 12.8 Å². The molecular weight excluding hydrogens is 287 g/mol. The summed E-state index contributed by atoms with van der Waals surface area (Å²) in [6, 6.07) is 3.42. The third kappa shape index (κ3) is 3.96. The smallest absolute Gasteiger partial charge is 0.416 e. The molecular formula is C14H14F3NO3. The van der Waals surface area contributed by atoms with Gasteiger partial charge < -0.3 is 10.1 Å². The Bertz CT molecular complexity index is 569. The molecule has 1 aromatic carbocycles. The molecule has 0 aromatic heterocycles. The monoisotopic (exact) mass is 301 g/mol. The van der Waals surface area contributed by atoms with Gasteiger partial charge in [-0.15, -0.1) is 0 Å². The number of nitrogens with one attached hydrogen (secondary N) is 1. The zero-order chi connectivity index (χ0) is 15.6. The van der Waals surface area contributed by atoms with Crippen molar-refractivity contribution in [2.75, 3.05) is 11.9 Å². The van der Waals surface area contributed by atoms with Gasteiger partial charge in [-0.2, -0.15) is 13.2 Å². The Morgan fingerprint density at radius 2 is 2.14 bits per heavy atom. The molecule has 0 saturated carbocycles. The van der Waals surface area contributed by atoms with Crippen molar-refractivity contribution >= 4 is 17.6 Å². The summed E-state index contributed by atoms with van der Waals surface area (Å²) in [5.74, 6) is -0.858. The maximum atomic E-state index is 12.6. The van der Waals surface area contributed by atoms with Gasteiger partial charge in [0, 0.05) is 18.0 Å². The Kier molecular flexibility index (Phi) is 4.20. The quantitative estimate of drug-likeness (QED) is 0.873. The Morgan fingerprint density at radius 1 is 1.43 bits per heavy atom. The molecule has 1 atom stereocenters. The molecule has 4 nitrogen and oxygen atoms in total. The minimum absolute atomic E-state index is 0.0414. The molecule has 21 heavy (non-hydrogen) atoms. The van der Waals surface area contributed by atoms with Crippen molar-refractivity contribution in [1.29, 1.82) is 0 Å². The van der Waals surface area contributed by atoms with E-state index in [2.05, 4.69) is 5.32 Å². The van der Waals surface area contributed by atoms with Crippen LogP contribution >= 0.6 is 0 Å². The third-order valence-electron chi connectivity index (χ3n) is 3.22. The van der Waals surface area contributed by atoms with Crippen molar-refractivity contribution in [2.45, 2.75) is 25.9 Å². The SMILES string of the molecule is Cc1cc(NC(=O)C[C@@H]2COC(=O)C2)ccc1C(F)(F)F. The van der Waals surface area contributed by atoms with Gasteiger partial charge in [-0.05, 0) is 30.7 Å². The Labute approximate surface area is 119 Å². The zero-order valence-corrected chi connectivity index (χ0v) is 11.3. The highest BCUT2D eigenvalue weighted by Crippen LogP contribution is 2.33. The lowest BCUT2D eigenvalue weighted by Crippen LogP contribution is -2.17. The molecule has 114 valence electrons. The number of carbonyl (C=O) groups excluding carboxylic acids is 2. The molecule has 1 saturated heterocycles. The summed E-state index contributed by atoms with van der Waals surface area (Å²) in [6.07, 6.45) is -4.11. The molecule has 1 aromatic rings. The number of halogens is 3. The lowest BCUT2D eigenvalue weighted by atomic mass is 10.0. The van der Waals surface area contributed by atoms with Gasteiger partial charge in [0.1, 0.15) is 0 Å². The number of cyclic esters (lactones) is 1. The molecule has 0 spiro atoms. The fourth-order valence-corrected chi connectivity index (χ4v) is 2.23. The van der Waals surface area contributed by atoms with Crippen molar-refractivity contribution in [3.05, 3.63) is 29.3 Å². The van der Waals surface area contributed by atoms with Crippen LogP contribution in [0.3, 0.4) is 0 Å². The van der Waals surface area contributed by atoms with Gasteiger partial charge in [0.25, 0.3) is 0 Å². The van der Waals surface area contributed by atoms with E-state index in [1.54, 1.807) is 0 Å². The second-order valence-electron chi connectivity index (χ2n) is 5.03. The fourth-order valence-electron chi connectivity index (χ4n) is 2.23. The van der Waals surface area contributed by atoms with Crippen molar-refractivity contribution in [1.82, 2.24) is 0 Å². The topological polar surface area (TPSA) is 55.4 Å². The van der Waals surface area contributed by atoms with Gasteiger partial charge >= 0.3 is 12.1 Å². The number of esters is 1. The van der Waals surface area contributed by atoms with E-state index in [4.69, 9.17) is 4.74 Å². The first-order valence-corrected chi connectivity index (χ1v) is 6.39. The lowest BCUT2D eigenvalue weighted by molar-refractivity contribution is -0.138. The highest BCUT2D eigenvalue weighted by atomic mass is 19.4. The fraction of sp³-hybridized carbons (Fsp3) is 0.429. The Morgan fingerprint density at radius 3 is 2.67 bits per heavy atom. The number of anilines is 1. The number of ether oxygens (including phenoxy) is 1. The van der Waals surface area contributed by atoms with E-state index in [1.807, 2.05) is 0 Å². The number of benzene rings is 1. The zero-order valence-electron chi connectivity index (χ0n) is 11.3. The van der Waals surface area contributed by atoms with E-state index in [0.717, 1.165) is 6.07 Å². The summed E-state index contributed by atoms with van der Waals surface area (Å²) in [6.45, 7) is 1.54. The number of amides is 1. The van der Waals surface area contributed by atoms with Crippen LogP contribution in [0.4, 0.5) is 18.9 Å². The number of rotatable bonds is 3. The van der Waals surface area contributed by atoms with Crippen LogP contribution in [0.2, 0.25) is 0 Å². The van der Waals surface area contributed by atoms with E-state index >= 15 is 0 Å². The van der Waals surface area contributed by atoms with E-state index in [0.29, 0.717) is 5.69 Å². The van der Waals surface area contributed by atoms with E-state index in [-0.39, 0.29) is 42.8 Å². The summed E-state index contributed by atoms with van der Waals surface area (Å²) in [7, 11) is 0. The molecule has 0 unspecified atom stereocenters. The first-order valence-electron chi connectivity index (χ1n) is 6.39. The van der Waals surface area contributed by atoms with Crippen LogP contribution in [0.1, 0.15) is 24.0 Å². The largest absolute Gasteiger partial charge is 0.465 e. The van der Waals surface area contributed by atoms with Crippen LogP contribution in [0.5, 0.6) is 0 Å². The van der Waals surface area contributed by atoms with E-state index in [9.17, 15) is 22.8 Å². The van der Waals surface area contributed by atoms with E-state index < -0.39 is 11.7 Å². The summed E-state index contributed by atoms with van der Waals surface area (Å²) in [5, 5.41) is 2.53. The molecule has 1 heterocycles. The van der Waals surface area contributed by atoms with Crippen molar-refractivity contribution in [3.8, 4) is 0 Å². The predicted molar refractivity (Wildman–Crippen MR) is 68.5 cm³/mol. The number of hydrogen-bond donors (Lipinski definition) is 1. The van der Waals surface area contributed by atoms with E-state index in [1.165, 1.54) is 19.1 Å². The van der Waals surface area contributed by atoms with Crippen molar-refractivity contribution < 1.29 is 27.5 Å². The van der Waals surface area contributed by atoms with Crippen LogP contribution < -0.4 is 5.32 Å². The molecule has 1 N–H and O–H groups in total. The summed E-state index contributed by atoms with van der Waals surface area (Å²) in [4.78, 5) is 22.7. The molecule has 7 heteroatoms. The molecule has 0 bridgehead atoms. The molecule has 1 amide bonds. The summed E-state index contributed by atoms with van der Waals surface area (Å²) >= 11 is 0. The van der Waals surface area contributed by atoms with Gasteiger partial charge in [-0.1, -0.05) is 0 Å². The minimum atomic E-state index is -4.41. The second-order valence-corrected chi connectivity index (χ2v) is 5.03. The highest BCUT2D eigenvalue weighted by Gasteiger charge is 2.32. The molecule has 1 aliphatic rings. The number of hydrogen-bond acceptors (Lipinski definition) is 3. The molecule has 0 radical (unpaired) electrons. The van der Waals surface area contributed by atoms with Crippen LogP contribution in [-0.4, -0.2) is 18.5 Å². The summed E-state index contributed by atoms with van der Waals surface area (Å²) < 4.78 is 42.6. The number of carbonyl (C=O) groups is 2. The van der Waals surface area contributed by atoms with Gasteiger partial charge in [0.2, 0.25) is 5.91 Å². The Balaban J connectivity index is 1.98. The van der Waals surface area contributed by atoms with Crippen LogP contribution in [-0.2, 0) is 20.5 Å². The molecule has 1 fully saturated rings. The van der Waals surface area contributed by atoms with Crippen molar-refractivity contribution in [2.24, 2.45) is 5.92 Å². The third-order valence-corrected chi connectivity index (χ3v) is 3.22. The molecule has 0 aliphatic carbocycles. The first kappa shape index (κ1) is 15.3. The highest BCUT2D eigenvalue weighted by molar-refractivity contribution is 5.91. The van der Waals surface area contributed by atoms with Gasteiger partial charge in [0.05, 0.1) is 18.6 Å². The number of alkyl halides is 3. The van der Waals surface area contributed by atoms with Crippen molar-refractivity contribution in [3.63, 3.8) is 0 Å². The van der Waals surface area contributed by atoms with Gasteiger partial charge in [-0.3, -0.25) is 9.59 Å². The maximum Gasteiger partial charge on any atom is 0.416 e. The molecule has 2 rings (SSSR count). The lowest BCUT2D eigenvalue weighted by Gasteiger charge is -2.13. The average molecular weight is 301 g/mol. The molecule has 1 aliphatic heterocycles. The number of aryl methyl sites for hydroxylation is 1. The normalized spacial score (nSPS) is 18.5. The van der Waals surface area contributed by atoms with Crippen LogP contribution in [0.25, 0.3) is 0 Å². The average Bonchev–Trinajstić information content (AvgIpc) is 2.72. The van der Waals surface area contributed by atoms with Crippen LogP contribution in [0.15, 0.2) is 18.2 Å². The standard InChI is InChI=1S/C14H14F3NO3/c1-8-4-10(2-3-11(8)14(15,16)17)18-12(19)5-9-6-13(20)21-7-9/h2-4,9H,5-7H2,1H3,(H,18,19)/t9-/m0/s1. The van der Waals surface area contributed by atoms with Gasteiger partial charge in [-0.25, -0.2) is 0 Å².